The molecule has 0 N–H and O–H groups in total. The lowest BCUT2D eigenvalue weighted by Crippen LogP contribution is -2.40. The fraction of sp³-hybridized carbons (Fsp3) is 0.462. The van der Waals surface area contributed by atoms with Gasteiger partial charge in [0.25, 0.3) is 5.91 Å². The maximum atomic E-state index is 12.5. The number of hydrogen-bond donors (Lipinski definition) is 0. The minimum atomic E-state index is -3.02. The van der Waals surface area contributed by atoms with Gasteiger partial charge in [-0.3, -0.25) is 4.79 Å². The molecule has 1 aromatic carbocycles. The Labute approximate surface area is 128 Å². The minimum absolute atomic E-state index is 0.0356. The van der Waals surface area contributed by atoms with Crippen LogP contribution in [0.15, 0.2) is 18.2 Å². The number of carbonyl (C=O) groups is 1. The van der Waals surface area contributed by atoms with Crippen LogP contribution in [-0.2, 0) is 9.84 Å². The largest absolute Gasteiger partial charge is 0.335 e. The first-order chi connectivity index (χ1) is 9.34. The molecule has 7 heteroatoms. The van der Waals surface area contributed by atoms with Gasteiger partial charge in [0.2, 0.25) is 0 Å². The zero-order valence-electron chi connectivity index (χ0n) is 11.0. The molecule has 1 atom stereocenters. The van der Waals surface area contributed by atoms with Gasteiger partial charge in [0, 0.05) is 18.2 Å². The van der Waals surface area contributed by atoms with E-state index in [0.29, 0.717) is 28.6 Å². The van der Waals surface area contributed by atoms with E-state index in [1.54, 1.807) is 17.0 Å². The maximum Gasteiger partial charge on any atom is 0.254 e. The van der Waals surface area contributed by atoms with Crippen molar-refractivity contribution in [1.82, 2.24) is 4.90 Å². The van der Waals surface area contributed by atoms with Gasteiger partial charge in [0.1, 0.15) is 0 Å². The number of sulfone groups is 1. The summed E-state index contributed by atoms with van der Waals surface area (Å²) in [5, 5.41) is 0.697. The molecule has 0 radical (unpaired) electrons. The van der Waals surface area contributed by atoms with E-state index in [4.69, 9.17) is 23.2 Å². The Kier molecular flexibility index (Phi) is 4.62. The van der Waals surface area contributed by atoms with E-state index in [2.05, 4.69) is 0 Å². The molecule has 1 fully saturated rings. The van der Waals surface area contributed by atoms with Crippen LogP contribution in [0, 0.1) is 0 Å². The lowest BCUT2D eigenvalue weighted by molar-refractivity contribution is 0.0708. The van der Waals surface area contributed by atoms with E-state index in [-0.39, 0.29) is 23.5 Å². The Morgan fingerprint density at radius 2 is 2.05 bits per heavy atom. The molecule has 20 heavy (non-hydrogen) atoms. The molecule has 0 bridgehead atoms. The lowest BCUT2D eigenvalue weighted by Gasteiger charge is -2.27. The quantitative estimate of drug-likeness (QED) is 0.853. The minimum Gasteiger partial charge on any atom is -0.335 e. The van der Waals surface area contributed by atoms with Crippen LogP contribution in [0.1, 0.15) is 23.7 Å². The first-order valence-electron chi connectivity index (χ1n) is 6.30. The first-order valence-corrected chi connectivity index (χ1v) is 8.88. The number of benzene rings is 1. The van der Waals surface area contributed by atoms with Gasteiger partial charge in [-0.2, -0.15) is 0 Å². The maximum absolute atomic E-state index is 12.5. The number of amides is 1. The predicted molar refractivity (Wildman–Crippen MR) is 80.2 cm³/mol. The molecule has 1 aliphatic rings. The highest BCUT2D eigenvalue weighted by atomic mass is 35.5. The molecule has 4 nitrogen and oxygen atoms in total. The molecule has 1 aliphatic heterocycles. The van der Waals surface area contributed by atoms with E-state index in [0.717, 1.165) is 0 Å². The summed E-state index contributed by atoms with van der Waals surface area (Å²) >= 11 is 11.7. The molecule has 0 aromatic heterocycles. The predicted octanol–water partition coefficient (Wildman–Crippen LogP) is 2.64. The molecule has 2 rings (SSSR count). The monoisotopic (exact) mass is 335 g/mol. The van der Waals surface area contributed by atoms with E-state index >= 15 is 0 Å². The van der Waals surface area contributed by atoms with Crippen LogP contribution in [0.3, 0.4) is 0 Å². The first kappa shape index (κ1) is 15.6. The Hall–Kier alpha value is -0.780. The van der Waals surface area contributed by atoms with Crippen molar-refractivity contribution in [3.63, 3.8) is 0 Å². The van der Waals surface area contributed by atoms with Crippen molar-refractivity contribution in [2.24, 2.45) is 0 Å². The average molecular weight is 336 g/mol. The molecule has 0 saturated carbocycles. The Bertz CT molecular complexity index is 631. The van der Waals surface area contributed by atoms with Gasteiger partial charge in [-0.1, -0.05) is 23.2 Å². The number of nitrogens with zero attached hydrogens (tertiary/aromatic N) is 1. The second kappa shape index (κ2) is 5.92. The number of carbonyl (C=O) groups excluding carboxylic acids is 1. The van der Waals surface area contributed by atoms with E-state index in [1.165, 1.54) is 6.07 Å². The van der Waals surface area contributed by atoms with Gasteiger partial charge < -0.3 is 4.90 Å². The molecule has 110 valence electrons. The number of halogens is 2. The summed E-state index contributed by atoms with van der Waals surface area (Å²) in [6.45, 7) is 2.29. The van der Waals surface area contributed by atoms with Crippen molar-refractivity contribution in [2.75, 3.05) is 18.1 Å². The summed E-state index contributed by atoms with van der Waals surface area (Å²) < 4.78 is 23.1. The summed E-state index contributed by atoms with van der Waals surface area (Å²) in [6.07, 6.45) is 0.489. The van der Waals surface area contributed by atoms with Gasteiger partial charge in [-0.05, 0) is 31.5 Å². The molecule has 0 aliphatic carbocycles. The van der Waals surface area contributed by atoms with Crippen LogP contribution in [0.5, 0.6) is 0 Å². The standard InChI is InChI=1S/C13H15Cl2NO3S/c1-2-16(10-5-6-20(18,19)8-10)13(17)9-3-4-11(14)12(15)7-9/h3-4,7,10H,2,5-6,8H2,1H3. The Morgan fingerprint density at radius 3 is 2.55 bits per heavy atom. The van der Waals surface area contributed by atoms with Crippen molar-refractivity contribution < 1.29 is 13.2 Å². The van der Waals surface area contributed by atoms with Crippen LogP contribution >= 0.6 is 23.2 Å². The summed E-state index contributed by atoms with van der Waals surface area (Å²) in [4.78, 5) is 14.1. The normalized spacial score (nSPS) is 20.9. The highest BCUT2D eigenvalue weighted by Gasteiger charge is 2.34. The van der Waals surface area contributed by atoms with Crippen LogP contribution in [0.4, 0.5) is 0 Å². The van der Waals surface area contributed by atoms with Crippen LogP contribution in [0.25, 0.3) is 0 Å². The molecule has 1 aromatic rings. The van der Waals surface area contributed by atoms with Gasteiger partial charge in [0.05, 0.1) is 21.6 Å². The summed E-state index contributed by atoms with van der Waals surface area (Å²) in [5.74, 6) is -0.0374. The van der Waals surface area contributed by atoms with E-state index < -0.39 is 9.84 Å². The van der Waals surface area contributed by atoms with Crippen LogP contribution in [0.2, 0.25) is 10.0 Å². The van der Waals surface area contributed by atoms with Crippen molar-refractivity contribution in [1.29, 1.82) is 0 Å². The molecule has 0 spiro atoms. The summed E-state index contributed by atoms with van der Waals surface area (Å²) in [7, 11) is -3.02. The van der Waals surface area contributed by atoms with E-state index in [1.807, 2.05) is 6.92 Å². The smallest absolute Gasteiger partial charge is 0.254 e. The summed E-state index contributed by atoms with van der Waals surface area (Å²) in [5.41, 5.74) is 0.422. The van der Waals surface area contributed by atoms with Crippen LogP contribution < -0.4 is 0 Å². The van der Waals surface area contributed by atoms with Gasteiger partial charge >= 0.3 is 0 Å². The highest BCUT2D eigenvalue weighted by molar-refractivity contribution is 7.91. The second-order valence-electron chi connectivity index (χ2n) is 4.78. The third-order valence-electron chi connectivity index (χ3n) is 3.42. The third-order valence-corrected chi connectivity index (χ3v) is 5.91. The molecule has 1 unspecified atom stereocenters. The molecule has 1 heterocycles. The number of rotatable bonds is 3. The number of hydrogen-bond acceptors (Lipinski definition) is 3. The SMILES string of the molecule is CCN(C(=O)c1ccc(Cl)c(Cl)c1)C1CCS(=O)(=O)C1. The molecule has 1 saturated heterocycles. The average Bonchev–Trinajstić information content (AvgIpc) is 2.74. The highest BCUT2D eigenvalue weighted by Crippen LogP contribution is 2.25. The Morgan fingerprint density at radius 1 is 1.35 bits per heavy atom. The fourth-order valence-electron chi connectivity index (χ4n) is 2.38. The Balaban J connectivity index is 2.23. The van der Waals surface area contributed by atoms with Crippen molar-refractivity contribution in [3.05, 3.63) is 33.8 Å². The van der Waals surface area contributed by atoms with E-state index in [9.17, 15) is 13.2 Å². The van der Waals surface area contributed by atoms with Gasteiger partial charge in [-0.15, -0.1) is 0 Å². The van der Waals surface area contributed by atoms with Gasteiger partial charge in [-0.25, -0.2) is 8.42 Å². The zero-order chi connectivity index (χ0) is 14.9. The zero-order valence-corrected chi connectivity index (χ0v) is 13.3. The third kappa shape index (κ3) is 3.27. The molecular weight excluding hydrogens is 321 g/mol. The lowest BCUT2D eigenvalue weighted by atomic mass is 10.1. The molecule has 1 amide bonds. The van der Waals surface area contributed by atoms with Crippen LogP contribution in [-0.4, -0.2) is 43.3 Å². The van der Waals surface area contributed by atoms with Gasteiger partial charge in [0.15, 0.2) is 9.84 Å². The second-order valence-corrected chi connectivity index (χ2v) is 7.82. The van der Waals surface area contributed by atoms with Crippen molar-refractivity contribution in [2.45, 2.75) is 19.4 Å². The fourth-order valence-corrected chi connectivity index (χ4v) is 4.41. The topological polar surface area (TPSA) is 54.5 Å². The molecular formula is C13H15Cl2NO3S. The van der Waals surface area contributed by atoms with Crippen molar-refractivity contribution in [3.8, 4) is 0 Å². The van der Waals surface area contributed by atoms with Crippen molar-refractivity contribution >= 4 is 38.9 Å². The summed E-state index contributed by atoms with van der Waals surface area (Å²) in [6, 6.07) is 4.42.